The topological polar surface area (TPSA) is 0 Å². The van der Waals surface area contributed by atoms with E-state index in [1.807, 2.05) is 6.92 Å². The normalized spacial score (nSPS) is 14.4. The van der Waals surface area contributed by atoms with Crippen LogP contribution >= 0.6 is 55.4 Å². The molecule has 7 heteroatoms. The molecule has 0 nitrogen and oxygen atoms in total. The van der Waals surface area contributed by atoms with Gasteiger partial charge in [-0.2, -0.15) is 0 Å². The molecule has 0 aliphatic heterocycles. The van der Waals surface area contributed by atoms with Crippen molar-refractivity contribution in [2.24, 2.45) is 0 Å². The lowest BCUT2D eigenvalue weighted by Gasteiger charge is -2.08. The van der Waals surface area contributed by atoms with E-state index in [0.717, 1.165) is 6.04 Å². The molecule has 0 radical (unpaired) electrons. The van der Waals surface area contributed by atoms with Crippen molar-refractivity contribution in [1.82, 2.24) is 0 Å². The quantitative estimate of drug-likeness (QED) is 0.539. The van der Waals surface area contributed by atoms with Gasteiger partial charge in [0, 0.05) is 0 Å². The molecule has 0 atom stereocenters. The minimum Gasteiger partial charge on any atom is -0.140 e. The van der Waals surface area contributed by atoms with E-state index in [1.165, 1.54) is 5.70 Å². The highest BCUT2D eigenvalue weighted by Crippen LogP contribution is 2.26. The lowest BCUT2D eigenvalue weighted by atomic mass is 11.0. The van der Waals surface area contributed by atoms with Crippen LogP contribution in [0.5, 0.6) is 0 Å². The zero-order valence-electron chi connectivity index (χ0n) is 5.75. The third-order valence-corrected chi connectivity index (χ3v) is 6.96. The lowest BCUT2D eigenvalue weighted by molar-refractivity contribution is 1.45. The number of hydrogen-bond acceptors (Lipinski definition) is 0. The molecule has 66 valence electrons. The van der Waals surface area contributed by atoms with E-state index >= 15 is 0 Å². The molecule has 0 spiro atoms. The molecule has 0 aromatic rings. The highest BCUT2D eigenvalue weighted by atomic mass is 35.8. The largest absolute Gasteiger partial charge is 0.365 e. The highest BCUT2D eigenvalue weighted by molar-refractivity contribution is 7.67. The molecular weight excluding hydrogens is 281 g/mol. The molecule has 0 saturated carbocycles. The summed E-state index contributed by atoms with van der Waals surface area (Å²) in [5.74, 6) is 0. The molecule has 0 fully saturated rings. The van der Waals surface area contributed by atoms with Crippen molar-refractivity contribution in [3.8, 4) is 0 Å². The molecule has 0 aromatic heterocycles. The predicted molar refractivity (Wildman–Crippen MR) is 60.4 cm³/mol. The molecule has 0 unspecified atom stereocenters. The van der Waals surface area contributed by atoms with Crippen LogP contribution in [-0.2, 0) is 0 Å². The van der Waals surface area contributed by atoms with Gasteiger partial charge >= 0.3 is 6.00 Å². The Morgan fingerprint density at radius 1 is 1.00 bits per heavy atom. The van der Waals surface area contributed by atoms with Crippen molar-refractivity contribution < 1.29 is 0 Å². The second kappa shape index (κ2) is 4.75. The van der Waals surface area contributed by atoms with Crippen LogP contribution in [0.25, 0.3) is 0 Å². The molecule has 0 aliphatic carbocycles. The van der Waals surface area contributed by atoms with Crippen molar-refractivity contribution in [3.05, 3.63) is 11.4 Å². The van der Waals surface area contributed by atoms with Gasteiger partial charge < -0.3 is 0 Å². The van der Waals surface area contributed by atoms with Gasteiger partial charge in [-0.1, -0.05) is 18.3 Å². The van der Waals surface area contributed by atoms with Gasteiger partial charge in [0.25, 0.3) is 6.69 Å². The van der Waals surface area contributed by atoms with Crippen molar-refractivity contribution in [3.63, 3.8) is 0 Å². The van der Waals surface area contributed by atoms with Crippen LogP contribution in [0.1, 0.15) is 6.92 Å². The average Bonchev–Trinajstić information content (AvgIpc) is 1.83. The molecular formula is C4H7Cl5Si2. The first-order valence-corrected chi connectivity index (χ1v) is 12.3. The van der Waals surface area contributed by atoms with Crippen molar-refractivity contribution in [2.45, 2.75) is 13.0 Å². The van der Waals surface area contributed by atoms with Gasteiger partial charge in [-0.15, -0.1) is 55.4 Å². The Kier molecular flexibility index (Phi) is 5.45. The maximum atomic E-state index is 5.89. The molecule has 0 heterocycles. The van der Waals surface area contributed by atoms with E-state index in [-0.39, 0.29) is 0 Å². The first kappa shape index (κ1) is 12.6. The molecule has 0 rings (SSSR count). The van der Waals surface area contributed by atoms with Gasteiger partial charge in [-0.3, -0.25) is 0 Å². The maximum absolute atomic E-state index is 5.89. The summed E-state index contributed by atoms with van der Waals surface area (Å²) in [5, 5.41) is 0. The summed E-state index contributed by atoms with van der Waals surface area (Å²) in [6.07, 6.45) is 0. The highest BCUT2D eigenvalue weighted by Gasteiger charge is 2.26. The van der Waals surface area contributed by atoms with Gasteiger partial charge in [0.2, 0.25) is 0 Å². The number of hydrogen-bond donors (Lipinski definition) is 0. The summed E-state index contributed by atoms with van der Waals surface area (Å²) in [6, 6.07) is -1.96. The number of halogens is 5. The summed E-state index contributed by atoms with van der Waals surface area (Å²) < 4.78 is 0. The second-order valence-corrected chi connectivity index (χ2v) is 17.7. The summed E-state index contributed by atoms with van der Waals surface area (Å²) in [4.78, 5) is 0. The number of rotatable bonds is 3. The summed E-state index contributed by atoms with van der Waals surface area (Å²) in [7, 11) is 0. The first-order chi connectivity index (χ1) is 4.77. The molecule has 0 saturated heterocycles. The van der Waals surface area contributed by atoms with Crippen LogP contribution in [0.3, 0.4) is 0 Å². The minimum atomic E-state index is -2.68. The van der Waals surface area contributed by atoms with Crippen LogP contribution in [-0.4, -0.2) is 12.7 Å². The fourth-order valence-corrected chi connectivity index (χ4v) is 5.14. The predicted octanol–water partition coefficient (Wildman–Crippen LogP) is 4.22. The molecule has 0 aliphatic rings. The Hall–Kier alpha value is 1.62. The second-order valence-electron chi connectivity index (χ2n) is 1.99. The van der Waals surface area contributed by atoms with Crippen LogP contribution in [0.15, 0.2) is 11.4 Å². The van der Waals surface area contributed by atoms with E-state index in [4.69, 9.17) is 55.4 Å². The molecule has 0 N–H and O–H groups in total. The van der Waals surface area contributed by atoms with Gasteiger partial charge in [-0.05, 0) is 6.04 Å². The lowest BCUT2D eigenvalue weighted by Crippen LogP contribution is -2.16. The van der Waals surface area contributed by atoms with E-state index in [2.05, 4.69) is 0 Å². The summed E-state index contributed by atoms with van der Waals surface area (Å²) >= 11 is 28.5. The maximum Gasteiger partial charge on any atom is 0.365 e. The zero-order valence-corrected chi connectivity index (χ0v) is 11.5. The first-order valence-electron chi connectivity index (χ1n) is 2.92. The van der Waals surface area contributed by atoms with Gasteiger partial charge in [0.1, 0.15) is 0 Å². The Bertz CT molecular complexity index is 149. The standard InChI is InChI=1S/C4H7Cl5Si2/c1-2-10(5,6)3-4-11(7,8)9/h3-4H,2H2,1H3. The van der Waals surface area contributed by atoms with Gasteiger partial charge in [0.15, 0.2) is 0 Å². The molecule has 0 amide bonds. The van der Waals surface area contributed by atoms with E-state index in [0.29, 0.717) is 0 Å². The Morgan fingerprint density at radius 3 is 1.73 bits per heavy atom. The zero-order chi connectivity index (χ0) is 9.12. The summed E-state index contributed by atoms with van der Waals surface area (Å²) in [6.45, 7) is -0.329. The minimum absolute atomic E-state index is 0.724. The monoisotopic (exact) mass is 286 g/mol. The van der Waals surface area contributed by atoms with Crippen LogP contribution < -0.4 is 0 Å². The average molecular weight is 289 g/mol. The third-order valence-electron chi connectivity index (χ3n) is 0.988. The SMILES string of the molecule is CC[Si](Cl)(Cl)C=C[Si](Cl)(Cl)Cl. The fraction of sp³-hybridized carbons (Fsp3) is 0.500. The van der Waals surface area contributed by atoms with Crippen molar-refractivity contribution in [2.75, 3.05) is 0 Å². The van der Waals surface area contributed by atoms with Crippen LogP contribution in [0.2, 0.25) is 6.04 Å². The van der Waals surface area contributed by atoms with Crippen LogP contribution in [0.4, 0.5) is 0 Å². The van der Waals surface area contributed by atoms with Gasteiger partial charge in [-0.25, -0.2) is 0 Å². The van der Waals surface area contributed by atoms with E-state index in [1.54, 1.807) is 5.70 Å². The van der Waals surface area contributed by atoms with Crippen molar-refractivity contribution in [1.29, 1.82) is 0 Å². The summed E-state index contributed by atoms with van der Waals surface area (Å²) in [5.41, 5.74) is 3.20. The smallest absolute Gasteiger partial charge is 0.140 e. The Morgan fingerprint density at radius 2 is 1.45 bits per heavy atom. The van der Waals surface area contributed by atoms with E-state index < -0.39 is 12.7 Å². The third kappa shape index (κ3) is 7.97. The van der Waals surface area contributed by atoms with Gasteiger partial charge in [0.05, 0.1) is 0 Å². The van der Waals surface area contributed by atoms with Crippen molar-refractivity contribution >= 4 is 68.1 Å². The Labute approximate surface area is 91.9 Å². The Balaban J connectivity index is 4.13. The fourth-order valence-electron chi connectivity index (χ4n) is 0.334. The molecule has 0 bridgehead atoms. The molecule has 11 heavy (non-hydrogen) atoms. The molecule has 0 aromatic carbocycles. The van der Waals surface area contributed by atoms with E-state index in [9.17, 15) is 0 Å². The van der Waals surface area contributed by atoms with Crippen LogP contribution in [0, 0.1) is 0 Å².